The van der Waals surface area contributed by atoms with Gasteiger partial charge in [-0.25, -0.2) is 0 Å². The molecule has 3 rings (SSSR count). The molecule has 1 aliphatic rings. The molecule has 0 bridgehead atoms. The predicted octanol–water partition coefficient (Wildman–Crippen LogP) is 4.22. The van der Waals surface area contributed by atoms with Crippen LogP contribution >= 0.6 is 11.6 Å². The summed E-state index contributed by atoms with van der Waals surface area (Å²) in [7, 11) is 0. The van der Waals surface area contributed by atoms with Gasteiger partial charge in [0.1, 0.15) is 6.04 Å². The minimum Gasteiger partial charge on any atom is -0.352 e. The van der Waals surface area contributed by atoms with Crippen molar-refractivity contribution in [1.29, 1.82) is 0 Å². The third-order valence-electron chi connectivity index (χ3n) is 6.52. The number of hydrogen-bond donors (Lipinski definition) is 2. The van der Waals surface area contributed by atoms with Crippen molar-refractivity contribution in [1.82, 2.24) is 15.5 Å². The molecule has 2 aromatic carbocycles. The van der Waals surface area contributed by atoms with Crippen molar-refractivity contribution >= 4 is 29.3 Å². The first-order valence-corrected chi connectivity index (χ1v) is 12.4. The van der Waals surface area contributed by atoms with Crippen molar-refractivity contribution in [3.05, 3.63) is 70.7 Å². The standard InChI is InChI=1S/C27H34ClN3O3/c1-3-19(2)29-27(34)25(30-26(33)22-11-7-8-12-23(22)28)21-15-17-31(18-16-21)24(32)14-13-20-9-5-4-6-10-20/h4-12,19,21,25H,3,13-18H2,1-2H3,(H,29,34)(H,30,33)/t19-,25-/m1/s1. The molecule has 7 heteroatoms. The molecule has 1 fully saturated rings. The van der Waals surface area contributed by atoms with Gasteiger partial charge in [-0.15, -0.1) is 0 Å². The Kier molecular flexibility index (Phi) is 9.52. The average Bonchev–Trinajstić information content (AvgIpc) is 2.86. The zero-order valence-electron chi connectivity index (χ0n) is 19.9. The van der Waals surface area contributed by atoms with Crippen LogP contribution in [0.3, 0.4) is 0 Å². The molecule has 34 heavy (non-hydrogen) atoms. The van der Waals surface area contributed by atoms with Crippen LogP contribution in [0.1, 0.15) is 55.5 Å². The van der Waals surface area contributed by atoms with Crippen LogP contribution < -0.4 is 10.6 Å². The van der Waals surface area contributed by atoms with Gasteiger partial charge in [0.05, 0.1) is 10.6 Å². The number of halogens is 1. The maximum absolute atomic E-state index is 13.1. The first kappa shape index (κ1) is 25.8. The van der Waals surface area contributed by atoms with E-state index in [-0.39, 0.29) is 29.7 Å². The van der Waals surface area contributed by atoms with E-state index < -0.39 is 6.04 Å². The Morgan fingerprint density at radius 1 is 1.00 bits per heavy atom. The molecule has 0 aromatic heterocycles. The summed E-state index contributed by atoms with van der Waals surface area (Å²) in [6.45, 7) is 5.10. The lowest BCUT2D eigenvalue weighted by molar-refractivity contribution is -0.133. The molecule has 182 valence electrons. The fourth-order valence-corrected chi connectivity index (χ4v) is 4.45. The molecule has 2 N–H and O–H groups in total. The molecule has 1 saturated heterocycles. The van der Waals surface area contributed by atoms with Gasteiger partial charge in [0.2, 0.25) is 11.8 Å². The van der Waals surface area contributed by atoms with Crippen LogP contribution in [0.15, 0.2) is 54.6 Å². The quantitative estimate of drug-likeness (QED) is 0.560. The molecule has 1 aliphatic heterocycles. The van der Waals surface area contributed by atoms with E-state index in [0.29, 0.717) is 49.4 Å². The second kappa shape index (κ2) is 12.6. The summed E-state index contributed by atoms with van der Waals surface area (Å²) < 4.78 is 0. The molecule has 3 amide bonds. The lowest BCUT2D eigenvalue weighted by Crippen LogP contribution is -2.55. The fraction of sp³-hybridized carbons (Fsp3) is 0.444. The van der Waals surface area contributed by atoms with E-state index in [0.717, 1.165) is 12.0 Å². The molecule has 0 aliphatic carbocycles. The SMILES string of the molecule is CC[C@@H](C)NC(=O)[C@H](NC(=O)c1ccccc1Cl)C1CCN(C(=O)CCc2ccccc2)CC1. The average molecular weight is 484 g/mol. The van der Waals surface area contributed by atoms with Crippen LogP contribution in [-0.4, -0.2) is 47.8 Å². The van der Waals surface area contributed by atoms with Gasteiger partial charge in [0.25, 0.3) is 5.91 Å². The highest BCUT2D eigenvalue weighted by molar-refractivity contribution is 6.33. The minimum atomic E-state index is -0.681. The second-order valence-corrected chi connectivity index (χ2v) is 9.36. The van der Waals surface area contributed by atoms with Crippen LogP contribution in [0.5, 0.6) is 0 Å². The van der Waals surface area contributed by atoms with Gasteiger partial charge in [-0.05, 0) is 56.2 Å². The monoisotopic (exact) mass is 483 g/mol. The lowest BCUT2D eigenvalue weighted by atomic mass is 9.88. The van der Waals surface area contributed by atoms with E-state index in [1.165, 1.54) is 0 Å². The number of rotatable bonds is 9. The van der Waals surface area contributed by atoms with E-state index in [9.17, 15) is 14.4 Å². The number of benzene rings is 2. The Morgan fingerprint density at radius 2 is 1.65 bits per heavy atom. The maximum Gasteiger partial charge on any atom is 0.253 e. The fourth-order valence-electron chi connectivity index (χ4n) is 4.23. The Hall–Kier alpha value is -2.86. The first-order chi connectivity index (χ1) is 16.4. The Bertz CT molecular complexity index is 974. The number of carbonyl (C=O) groups excluding carboxylic acids is 3. The third kappa shape index (κ3) is 7.07. The van der Waals surface area contributed by atoms with Crippen molar-refractivity contribution in [2.75, 3.05) is 13.1 Å². The number of aryl methyl sites for hydroxylation is 1. The van der Waals surface area contributed by atoms with Crippen LogP contribution in [-0.2, 0) is 16.0 Å². The van der Waals surface area contributed by atoms with Gasteiger partial charge in [-0.2, -0.15) is 0 Å². The van der Waals surface area contributed by atoms with Gasteiger partial charge in [-0.3, -0.25) is 14.4 Å². The highest BCUT2D eigenvalue weighted by Gasteiger charge is 2.34. The molecule has 2 aromatic rings. The number of carbonyl (C=O) groups is 3. The summed E-state index contributed by atoms with van der Waals surface area (Å²) in [5, 5.41) is 6.28. The van der Waals surface area contributed by atoms with Crippen molar-refractivity contribution in [2.24, 2.45) is 5.92 Å². The zero-order valence-corrected chi connectivity index (χ0v) is 20.7. The van der Waals surface area contributed by atoms with Crippen molar-refractivity contribution in [3.8, 4) is 0 Å². The van der Waals surface area contributed by atoms with E-state index in [4.69, 9.17) is 11.6 Å². The topological polar surface area (TPSA) is 78.5 Å². The normalized spacial score (nSPS) is 15.9. The van der Waals surface area contributed by atoms with Crippen molar-refractivity contribution in [3.63, 3.8) is 0 Å². The Balaban J connectivity index is 1.62. The number of nitrogens with zero attached hydrogens (tertiary/aromatic N) is 1. The summed E-state index contributed by atoms with van der Waals surface area (Å²) in [5.41, 5.74) is 1.49. The highest BCUT2D eigenvalue weighted by Crippen LogP contribution is 2.23. The minimum absolute atomic E-state index is 0.00636. The third-order valence-corrected chi connectivity index (χ3v) is 6.85. The van der Waals surface area contributed by atoms with Crippen LogP contribution in [0.2, 0.25) is 5.02 Å². The molecule has 0 saturated carbocycles. The highest BCUT2D eigenvalue weighted by atomic mass is 35.5. The van der Waals surface area contributed by atoms with E-state index in [1.54, 1.807) is 24.3 Å². The smallest absolute Gasteiger partial charge is 0.253 e. The Labute approximate surface area is 207 Å². The van der Waals surface area contributed by atoms with Gasteiger partial charge in [0.15, 0.2) is 0 Å². The number of nitrogens with one attached hydrogen (secondary N) is 2. The maximum atomic E-state index is 13.1. The number of hydrogen-bond acceptors (Lipinski definition) is 3. The molecular formula is C27H34ClN3O3. The number of amides is 3. The summed E-state index contributed by atoms with van der Waals surface area (Å²) in [6.07, 6.45) is 3.28. The first-order valence-electron chi connectivity index (χ1n) is 12.1. The second-order valence-electron chi connectivity index (χ2n) is 8.95. The van der Waals surface area contributed by atoms with Gasteiger partial charge in [0, 0.05) is 25.6 Å². The van der Waals surface area contributed by atoms with Crippen LogP contribution in [0.4, 0.5) is 0 Å². The summed E-state index contributed by atoms with van der Waals surface area (Å²) >= 11 is 6.20. The van der Waals surface area contributed by atoms with Crippen molar-refractivity contribution < 1.29 is 14.4 Å². The van der Waals surface area contributed by atoms with Crippen molar-refractivity contribution in [2.45, 2.75) is 58.0 Å². The lowest BCUT2D eigenvalue weighted by Gasteiger charge is -2.36. The van der Waals surface area contributed by atoms with Gasteiger partial charge in [-0.1, -0.05) is 61.0 Å². The molecular weight excluding hydrogens is 450 g/mol. The molecule has 0 radical (unpaired) electrons. The molecule has 0 spiro atoms. The predicted molar refractivity (Wildman–Crippen MR) is 135 cm³/mol. The molecule has 6 nitrogen and oxygen atoms in total. The van der Waals surface area contributed by atoms with Gasteiger partial charge < -0.3 is 15.5 Å². The van der Waals surface area contributed by atoms with Gasteiger partial charge >= 0.3 is 0 Å². The molecule has 1 heterocycles. The summed E-state index contributed by atoms with van der Waals surface area (Å²) in [5.74, 6) is -0.489. The number of piperidine rings is 1. The number of likely N-dealkylation sites (tertiary alicyclic amines) is 1. The summed E-state index contributed by atoms with van der Waals surface area (Å²) in [6, 6.07) is 16.1. The molecule has 2 atom stereocenters. The van der Waals surface area contributed by atoms with Crippen LogP contribution in [0.25, 0.3) is 0 Å². The molecule has 0 unspecified atom stereocenters. The van der Waals surface area contributed by atoms with E-state index in [2.05, 4.69) is 10.6 Å². The van der Waals surface area contributed by atoms with E-state index in [1.807, 2.05) is 49.1 Å². The van der Waals surface area contributed by atoms with Crippen LogP contribution in [0, 0.1) is 5.92 Å². The summed E-state index contributed by atoms with van der Waals surface area (Å²) in [4.78, 5) is 40.6. The Morgan fingerprint density at radius 3 is 2.29 bits per heavy atom. The van der Waals surface area contributed by atoms with E-state index >= 15 is 0 Å². The largest absolute Gasteiger partial charge is 0.352 e. The zero-order chi connectivity index (χ0) is 24.5.